The fraction of sp³-hybridized carbons (Fsp3) is 0.692. The predicted molar refractivity (Wildman–Crippen MR) is 75.1 cm³/mol. The van der Waals surface area contributed by atoms with E-state index in [1.165, 1.54) is 12.8 Å². The average Bonchev–Trinajstić information content (AvgIpc) is 3.19. The van der Waals surface area contributed by atoms with E-state index in [0.29, 0.717) is 11.6 Å². The summed E-state index contributed by atoms with van der Waals surface area (Å²) in [4.78, 5) is 12.0. The third kappa shape index (κ3) is 2.68. The Balaban J connectivity index is 1.77. The van der Waals surface area contributed by atoms with Crippen molar-refractivity contribution >= 4 is 17.3 Å². The van der Waals surface area contributed by atoms with Crippen molar-refractivity contribution in [3.05, 3.63) is 21.6 Å². The summed E-state index contributed by atoms with van der Waals surface area (Å²) in [5, 5.41) is 16.3. The van der Waals surface area contributed by atoms with Crippen LogP contribution in [-0.2, 0) is 11.3 Å². The molecule has 3 rings (SSSR count). The monoisotopic (exact) mass is 299 g/mol. The van der Waals surface area contributed by atoms with Crippen LogP contribution in [0.4, 0.5) is 5.69 Å². The highest BCUT2D eigenvalue weighted by Crippen LogP contribution is 2.39. The first-order valence-electron chi connectivity index (χ1n) is 6.95. The second kappa shape index (κ2) is 5.71. The van der Waals surface area contributed by atoms with E-state index in [1.54, 1.807) is 6.20 Å². The Bertz CT molecular complexity index is 544. The molecule has 0 radical (unpaired) electrons. The molecule has 0 amide bonds. The van der Waals surface area contributed by atoms with E-state index in [2.05, 4.69) is 10.4 Å². The first-order chi connectivity index (χ1) is 9.70. The molecule has 1 aromatic heterocycles. The van der Waals surface area contributed by atoms with E-state index in [1.807, 2.05) is 0 Å². The van der Waals surface area contributed by atoms with Gasteiger partial charge >= 0.3 is 0 Å². The number of ether oxygens (including phenoxy) is 1. The Morgan fingerprint density at radius 1 is 1.50 bits per heavy atom. The average molecular weight is 300 g/mol. The summed E-state index contributed by atoms with van der Waals surface area (Å²) in [5.41, 5.74) is 0.166. The van der Waals surface area contributed by atoms with E-state index >= 15 is 0 Å². The molecular formula is C13H18ClN3O3. The summed E-state index contributed by atoms with van der Waals surface area (Å²) >= 11 is 6.10. The lowest BCUT2D eigenvalue weighted by molar-refractivity contribution is 0.0898. The van der Waals surface area contributed by atoms with Crippen molar-refractivity contribution in [1.29, 1.82) is 0 Å². The third-order valence-electron chi connectivity index (χ3n) is 3.86. The molecule has 20 heavy (non-hydrogen) atoms. The van der Waals surface area contributed by atoms with Crippen LogP contribution in [0.25, 0.3) is 0 Å². The number of hydrogen-bond acceptors (Lipinski definition) is 5. The number of nitrogens with zero attached hydrogens (tertiary/aromatic N) is 2. The zero-order chi connectivity index (χ0) is 14.1. The third-order valence-corrected chi connectivity index (χ3v) is 4.23. The fourth-order valence-electron chi connectivity index (χ4n) is 2.67. The van der Waals surface area contributed by atoms with Gasteiger partial charge in [-0.15, -0.1) is 0 Å². The standard InChI is InChI=1S/C13H18ClN3O3/c14-11-10(7-15-17(4-5-18)13(11)19)16-9-3-6-20-12(9)8-1-2-8/h7-9,12,16,18H,1-6H2. The Morgan fingerprint density at radius 2 is 2.30 bits per heavy atom. The van der Waals surface area contributed by atoms with Gasteiger partial charge in [0.05, 0.1) is 37.2 Å². The highest BCUT2D eigenvalue weighted by atomic mass is 35.5. The van der Waals surface area contributed by atoms with Gasteiger partial charge in [-0.05, 0) is 25.2 Å². The van der Waals surface area contributed by atoms with Gasteiger partial charge in [0, 0.05) is 6.61 Å². The molecule has 2 heterocycles. The highest BCUT2D eigenvalue weighted by Gasteiger charge is 2.40. The van der Waals surface area contributed by atoms with Crippen molar-refractivity contribution in [1.82, 2.24) is 9.78 Å². The normalized spacial score (nSPS) is 25.9. The lowest BCUT2D eigenvalue weighted by atomic mass is 10.1. The second-order valence-electron chi connectivity index (χ2n) is 5.34. The van der Waals surface area contributed by atoms with Crippen LogP contribution in [0.2, 0.25) is 5.02 Å². The van der Waals surface area contributed by atoms with Gasteiger partial charge in [-0.25, -0.2) is 4.68 Å². The summed E-state index contributed by atoms with van der Waals surface area (Å²) in [6.45, 7) is 0.748. The number of aliphatic hydroxyl groups excluding tert-OH is 1. The first kappa shape index (κ1) is 13.9. The van der Waals surface area contributed by atoms with Gasteiger partial charge in [0.25, 0.3) is 5.56 Å². The van der Waals surface area contributed by atoms with Crippen LogP contribution in [-0.4, -0.2) is 40.2 Å². The number of halogens is 1. The van der Waals surface area contributed by atoms with Crippen molar-refractivity contribution in [3.8, 4) is 0 Å². The minimum atomic E-state index is -0.382. The molecule has 2 atom stereocenters. The molecule has 2 fully saturated rings. The number of aliphatic hydroxyl groups is 1. The number of rotatable bonds is 5. The fourth-order valence-corrected chi connectivity index (χ4v) is 2.88. The van der Waals surface area contributed by atoms with Gasteiger partial charge in [0.2, 0.25) is 0 Å². The minimum absolute atomic E-state index is 0.120. The second-order valence-corrected chi connectivity index (χ2v) is 5.71. The largest absolute Gasteiger partial charge is 0.394 e. The maximum atomic E-state index is 12.0. The minimum Gasteiger partial charge on any atom is -0.394 e. The highest BCUT2D eigenvalue weighted by molar-refractivity contribution is 6.32. The van der Waals surface area contributed by atoms with Crippen LogP contribution in [0.3, 0.4) is 0 Å². The molecule has 0 bridgehead atoms. The van der Waals surface area contributed by atoms with Gasteiger partial charge in [-0.1, -0.05) is 11.6 Å². The lowest BCUT2D eigenvalue weighted by Crippen LogP contribution is -2.33. The molecular weight excluding hydrogens is 282 g/mol. The molecule has 1 aliphatic carbocycles. The van der Waals surface area contributed by atoms with Crippen molar-refractivity contribution in [2.75, 3.05) is 18.5 Å². The van der Waals surface area contributed by atoms with E-state index in [-0.39, 0.29) is 35.9 Å². The Labute approximate surface area is 121 Å². The SMILES string of the molecule is O=c1c(Cl)c(NC2CCOC2C2CC2)cnn1CCO. The summed E-state index contributed by atoms with van der Waals surface area (Å²) in [5.74, 6) is 0.636. The van der Waals surface area contributed by atoms with E-state index < -0.39 is 0 Å². The van der Waals surface area contributed by atoms with Crippen LogP contribution in [0.5, 0.6) is 0 Å². The molecule has 0 spiro atoms. The Hall–Kier alpha value is -1.11. The number of anilines is 1. The molecule has 1 aliphatic heterocycles. The summed E-state index contributed by atoms with van der Waals surface area (Å²) in [6.07, 6.45) is 5.10. The smallest absolute Gasteiger partial charge is 0.287 e. The Kier molecular flexibility index (Phi) is 3.96. The topological polar surface area (TPSA) is 76.4 Å². The zero-order valence-electron chi connectivity index (χ0n) is 11.1. The van der Waals surface area contributed by atoms with Crippen LogP contribution in [0.1, 0.15) is 19.3 Å². The molecule has 1 aromatic rings. The predicted octanol–water partition coefficient (Wildman–Crippen LogP) is 0.868. The number of aromatic nitrogens is 2. The van der Waals surface area contributed by atoms with Gasteiger partial charge in [0.15, 0.2) is 0 Å². The molecule has 0 aromatic carbocycles. The van der Waals surface area contributed by atoms with Crippen molar-refractivity contribution < 1.29 is 9.84 Å². The zero-order valence-corrected chi connectivity index (χ0v) is 11.8. The van der Waals surface area contributed by atoms with Gasteiger partial charge in [-0.3, -0.25) is 4.79 Å². The molecule has 2 N–H and O–H groups in total. The molecule has 7 heteroatoms. The van der Waals surface area contributed by atoms with Gasteiger partial charge < -0.3 is 15.2 Å². The number of hydrogen-bond donors (Lipinski definition) is 2. The summed E-state index contributed by atoms with van der Waals surface area (Å²) in [6, 6.07) is 0.190. The summed E-state index contributed by atoms with van der Waals surface area (Å²) < 4.78 is 6.92. The number of nitrogens with one attached hydrogen (secondary N) is 1. The van der Waals surface area contributed by atoms with Crippen LogP contribution in [0, 0.1) is 5.92 Å². The molecule has 1 saturated carbocycles. The molecule has 1 saturated heterocycles. The van der Waals surface area contributed by atoms with E-state index in [4.69, 9.17) is 21.4 Å². The van der Waals surface area contributed by atoms with Crippen molar-refractivity contribution in [2.24, 2.45) is 5.92 Å². The van der Waals surface area contributed by atoms with Crippen LogP contribution >= 0.6 is 11.6 Å². The van der Waals surface area contributed by atoms with E-state index in [0.717, 1.165) is 17.7 Å². The first-order valence-corrected chi connectivity index (χ1v) is 7.33. The van der Waals surface area contributed by atoms with Gasteiger partial charge in [-0.2, -0.15) is 5.10 Å². The van der Waals surface area contributed by atoms with E-state index in [9.17, 15) is 4.79 Å². The maximum absolute atomic E-state index is 12.0. The molecule has 2 unspecified atom stereocenters. The van der Waals surface area contributed by atoms with Crippen molar-refractivity contribution in [3.63, 3.8) is 0 Å². The van der Waals surface area contributed by atoms with Crippen LogP contribution < -0.4 is 10.9 Å². The summed E-state index contributed by atoms with van der Waals surface area (Å²) in [7, 11) is 0. The van der Waals surface area contributed by atoms with Gasteiger partial charge in [0.1, 0.15) is 5.02 Å². The molecule has 2 aliphatic rings. The Morgan fingerprint density at radius 3 is 3.00 bits per heavy atom. The maximum Gasteiger partial charge on any atom is 0.287 e. The van der Waals surface area contributed by atoms with Crippen molar-refractivity contribution in [2.45, 2.75) is 38.0 Å². The quantitative estimate of drug-likeness (QED) is 0.844. The van der Waals surface area contributed by atoms with Crippen LogP contribution in [0.15, 0.2) is 11.0 Å². The molecule has 110 valence electrons. The lowest BCUT2D eigenvalue weighted by Gasteiger charge is -2.21. The molecule has 6 nitrogen and oxygen atoms in total.